The molecule has 0 N–H and O–H groups in total. The molecule has 2 aliphatic heterocycles. The lowest BCUT2D eigenvalue weighted by Gasteiger charge is -2.29. The molecule has 48 heavy (non-hydrogen) atoms. The molecule has 0 unspecified atom stereocenters. The fourth-order valence-electron chi connectivity index (χ4n) is 3.89. The van der Waals surface area contributed by atoms with Crippen LogP contribution in [0.4, 0.5) is 35.1 Å². The Morgan fingerprint density at radius 3 is 1.29 bits per heavy atom. The van der Waals surface area contributed by atoms with Crippen molar-refractivity contribution in [2.45, 2.75) is 124 Å². The molecule has 0 fully saturated rings. The van der Waals surface area contributed by atoms with Crippen LogP contribution in [-0.4, -0.2) is 125 Å². The van der Waals surface area contributed by atoms with Gasteiger partial charge in [-0.2, -0.15) is 26.3 Å². The van der Waals surface area contributed by atoms with Crippen LogP contribution in [-0.2, 0) is 10.4 Å². The number of rotatable bonds is 15. The normalized spacial score (nSPS) is 15.5. The molecule has 0 aliphatic carbocycles. The number of hydrogen-bond donors (Lipinski definition) is 0. The molecule has 0 radical (unpaired) electrons. The van der Waals surface area contributed by atoms with Crippen LogP contribution in [0.5, 0.6) is 0 Å². The van der Waals surface area contributed by atoms with Crippen LogP contribution in [0.15, 0.2) is 9.98 Å². The third-order valence-electron chi connectivity index (χ3n) is 7.01. The Hall–Kier alpha value is -2.41. The maximum Gasteiger partial charge on any atom is 0.377 e. The SMILES string of the molecule is CC(F)(F)C(F)(F)C(F)(F)C(F)F.CCCCN1C=NC[N+](CCCC)=C1C.CCCCN1C=NC[N+](CCCC)=C1C.O=S(=O)([O-])[O-]. The van der Waals surface area contributed by atoms with E-state index >= 15 is 0 Å². The topological polar surface area (TPSA) is 117 Å². The third-order valence-corrected chi connectivity index (χ3v) is 7.01. The lowest BCUT2D eigenvalue weighted by molar-refractivity contribution is -0.533. The summed E-state index contributed by atoms with van der Waals surface area (Å²) in [6.45, 7) is 19.0. The first-order valence-electron chi connectivity index (χ1n) is 15.8. The third kappa shape index (κ3) is 18.4. The van der Waals surface area contributed by atoms with Crippen molar-refractivity contribution >= 4 is 34.7 Å². The summed E-state index contributed by atoms with van der Waals surface area (Å²) in [6, 6.07) is 0. The van der Waals surface area contributed by atoms with E-state index in [2.05, 4.69) is 70.5 Å². The second-order valence-corrected chi connectivity index (χ2v) is 11.9. The summed E-state index contributed by atoms with van der Waals surface area (Å²) >= 11 is 0. The van der Waals surface area contributed by atoms with Gasteiger partial charge in [0, 0.05) is 31.2 Å². The molecule has 19 heteroatoms. The van der Waals surface area contributed by atoms with Crippen LogP contribution in [0, 0.1) is 0 Å². The predicted octanol–water partition coefficient (Wildman–Crippen LogP) is 6.48. The van der Waals surface area contributed by atoms with Crippen molar-refractivity contribution in [3.63, 3.8) is 0 Å². The summed E-state index contributed by atoms with van der Waals surface area (Å²) in [5.41, 5.74) is 0. The van der Waals surface area contributed by atoms with Crippen molar-refractivity contribution in [3.05, 3.63) is 0 Å². The van der Waals surface area contributed by atoms with Crippen molar-refractivity contribution < 1.29 is 61.8 Å². The molecular formula is C29H52F8N6O4S. The minimum atomic E-state index is -6.06. The Bertz CT molecular complexity index is 1090. The minimum Gasteiger partial charge on any atom is -0.759 e. The summed E-state index contributed by atoms with van der Waals surface area (Å²) in [7, 11) is -5.17. The fraction of sp³-hybridized carbons (Fsp3) is 0.862. The Morgan fingerprint density at radius 1 is 0.750 bits per heavy atom. The summed E-state index contributed by atoms with van der Waals surface area (Å²) in [5, 5.41) is 0. The molecule has 0 atom stereocenters. The van der Waals surface area contributed by atoms with Crippen molar-refractivity contribution in [3.8, 4) is 0 Å². The first-order chi connectivity index (χ1) is 22.0. The highest BCUT2D eigenvalue weighted by Crippen LogP contribution is 2.48. The average molecular weight is 733 g/mol. The van der Waals surface area contributed by atoms with Gasteiger partial charge in [-0.15, -0.1) is 0 Å². The number of hydrogen-bond acceptors (Lipinski definition) is 8. The smallest absolute Gasteiger partial charge is 0.377 e. The maximum absolute atomic E-state index is 12.0. The molecular weight excluding hydrogens is 680 g/mol. The van der Waals surface area contributed by atoms with Gasteiger partial charge in [0.05, 0.1) is 26.2 Å². The van der Waals surface area contributed by atoms with E-state index in [4.69, 9.17) is 17.5 Å². The zero-order valence-corrected chi connectivity index (χ0v) is 29.7. The first kappa shape index (κ1) is 47.7. The van der Waals surface area contributed by atoms with Gasteiger partial charge >= 0.3 is 24.2 Å². The van der Waals surface area contributed by atoms with E-state index in [1.807, 2.05) is 12.7 Å². The van der Waals surface area contributed by atoms with Crippen molar-refractivity contribution in [1.29, 1.82) is 0 Å². The lowest BCUT2D eigenvalue weighted by atomic mass is 10.1. The second-order valence-electron chi connectivity index (χ2n) is 11.1. The zero-order valence-electron chi connectivity index (χ0n) is 28.9. The summed E-state index contributed by atoms with van der Waals surface area (Å²) < 4.78 is 133. The van der Waals surface area contributed by atoms with Gasteiger partial charge in [0.2, 0.25) is 0 Å². The van der Waals surface area contributed by atoms with E-state index in [9.17, 15) is 35.1 Å². The Labute approximate surface area is 279 Å². The van der Waals surface area contributed by atoms with Crippen LogP contribution in [0.1, 0.15) is 99.8 Å². The van der Waals surface area contributed by atoms with E-state index in [1.54, 1.807) is 0 Å². The van der Waals surface area contributed by atoms with E-state index in [0.717, 1.165) is 39.5 Å². The number of halogens is 8. The number of amidine groups is 2. The van der Waals surface area contributed by atoms with Crippen LogP contribution < -0.4 is 0 Å². The Morgan fingerprint density at radius 2 is 1.06 bits per heavy atom. The van der Waals surface area contributed by atoms with Crippen LogP contribution in [0.25, 0.3) is 0 Å². The standard InChI is InChI=1S/2C12H24N3.C5H4F8.H2O4S/c2*1-4-6-8-14-10-13-11-15(12(14)3)9-7-5-2;1-3(8,9)5(12,13)4(10,11)2(6)7;1-5(2,3)4/h2*10H,4-9,11H2,1-3H3;2H,1H3;(H2,1,2,3,4)/q2*+1;;/p-2. The highest BCUT2D eigenvalue weighted by molar-refractivity contribution is 7.79. The lowest BCUT2D eigenvalue weighted by Crippen LogP contribution is -2.56. The molecule has 0 bridgehead atoms. The monoisotopic (exact) mass is 732 g/mol. The van der Waals surface area contributed by atoms with Gasteiger partial charge in [-0.1, -0.05) is 53.4 Å². The summed E-state index contributed by atoms with van der Waals surface area (Å²) in [4.78, 5) is 13.4. The maximum atomic E-state index is 12.0. The molecule has 2 heterocycles. The molecule has 0 amide bonds. The van der Waals surface area contributed by atoms with E-state index in [0.29, 0.717) is 0 Å². The van der Waals surface area contributed by atoms with Crippen LogP contribution in [0.3, 0.4) is 0 Å². The van der Waals surface area contributed by atoms with Gasteiger partial charge in [0.25, 0.3) is 11.7 Å². The Kier molecular flexibility index (Phi) is 22.9. The number of unbranched alkanes of at least 4 members (excludes halogenated alkanes) is 4. The second kappa shape index (κ2) is 23.1. The van der Waals surface area contributed by atoms with Gasteiger partial charge in [0.1, 0.15) is 0 Å². The molecule has 2 rings (SSSR count). The predicted molar refractivity (Wildman–Crippen MR) is 168 cm³/mol. The van der Waals surface area contributed by atoms with E-state index < -0.39 is 41.5 Å². The molecule has 0 aromatic heterocycles. The van der Waals surface area contributed by atoms with Crippen molar-refractivity contribution in [2.24, 2.45) is 9.98 Å². The summed E-state index contributed by atoms with van der Waals surface area (Å²) in [5.74, 6) is -14.6. The highest BCUT2D eigenvalue weighted by atomic mass is 32.3. The quantitative estimate of drug-likeness (QED) is 0.0824. The average Bonchev–Trinajstić information content (AvgIpc) is 2.98. The van der Waals surface area contributed by atoms with E-state index in [-0.39, 0.29) is 0 Å². The molecule has 0 saturated carbocycles. The number of alkyl halides is 8. The van der Waals surface area contributed by atoms with E-state index in [1.165, 1.54) is 63.0 Å². The molecule has 0 aromatic carbocycles. The van der Waals surface area contributed by atoms with Gasteiger partial charge < -0.3 is 9.11 Å². The fourth-order valence-corrected chi connectivity index (χ4v) is 3.89. The molecule has 10 nitrogen and oxygen atoms in total. The highest BCUT2D eigenvalue weighted by Gasteiger charge is 2.73. The van der Waals surface area contributed by atoms with Crippen LogP contribution >= 0.6 is 0 Å². The van der Waals surface area contributed by atoms with Gasteiger partial charge in [-0.25, -0.2) is 37.7 Å². The van der Waals surface area contributed by atoms with Gasteiger partial charge in [-0.05, 0) is 25.7 Å². The minimum absolute atomic E-state index is 0.552. The van der Waals surface area contributed by atoms with Crippen molar-refractivity contribution in [1.82, 2.24) is 9.80 Å². The molecule has 2 aliphatic rings. The van der Waals surface area contributed by atoms with Crippen LogP contribution in [0.2, 0.25) is 0 Å². The summed E-state index contributed by atoms with van der Waals surface area (Å²) in [6.07, 6.45) is 9.14. The van der Waals surface area contributed by atoms with Gasteiger partial charge in [-0.3, -0.25) is 8.42 Å². The Balaban J connectivity index is 0. The number of aliphatic imine (C=N–C) groups is 2. The zero-order chi connectivity index (χ0) is 37.8. The van der Waals surface area contributed by atoms with Crippen molar-refractivity contribution in [2.75, 3.05) is 39.5 Å². The molecule has 284 valence electrons. The van der Waals surface area contributed by atoms with Gasteiger partial charge in [0.15, 0.2) is 26.0 Å². The molecule has 0 spiro atoms. The number of nitrogens with zero attached hydrogens (tertiary/aromatic N) is 6. The first-order valence-corrected chi connectivity index (χ1v) is 17.1. The largest absolute Gasteiger partial charge is 0.759 e. The molecule has 0 aromatic rings. The molecule has 0 saturated heterocycles.